The zero-order chi connectivity index (χ0) is 14.8. The molecule has 1 aromatic rings. The third-order valence-corrected chi connectivity index (χ3v) is 3.42. The SMILES string of the molecule is CCCN(CCO)c1ccc(CNCCOC)c(Cl)c1. The van der Waals surface area contributed by atoms with Crippen LogP contribution in [-0.2, 0) is 11.3 Å². The van der Waals surface area contributed by atoms with Gasteiger partial charge in [-0.1, -0.05) is 24.6 Å². The zero-order valence-corrected chi connectivity index (χ0v) is 13.1. The molecule has 1 rings (SSSR count). The molecule has 0 saturated carbocycles. The maximum atomic E-state index is 9.12. The molecule has 0 radical (unpaired) electrons. The van der Waals surface area contributed by atoms with Gasteiger partial charge in [0.25, 0.3) is 0 Å². The summed E-state index contributed by atoms with van der Waals surface area (Å²) < 4.78 is 4.99. The Kier molecular flexibility index (Phi) is 8.62. The molecule has 0 aromatic heterocycles. The molecule has 0 heterocycles. The highest BCUT2D eigenvalue weighted by molar-refractivity contribution is 6.31. The lowest BCUT2D eigenvalue weighted by atomic mass is 10.2. The van der Waals surface area contributed by atoms with Crippen LogP contribution in [0.2, 0.25) is 5.02 Å². The standard InChI is InChI=1S/C15H25ClN2O2/c1-3-7-18(8-9-19)14-5-4-13(15(16)11-14)12-17-6-10-20-2/h4-5,11,17,19H,3,6-10,12H2,1-2H3. The highest BCUT2D eigenvalue weighted by atomic mass is 35.5. The Hall–Kier alpha value is -0.810. The van der Waals surface area contributed by atoms with Gasteiger partial charge >= 0.3 is 0 Å². The molecule has 4 nitrogen and oxygen atoms in total. The van der Waals surface area contributed by atoms with E-state index in [0.29, 0.717) is 13.2 Å². The fourth-order valence-corrected chi connectivity index (χ4v) is 2.28. The third-order valence-electron chi connectivity index (χ3n) is 3.06. The topological polar surface area (TPSA) is 44.7 Å². The van der Waals surface area contributed by atoms with Crippen molar-refractivity contribution in [2.75, 3.05) is 44.9 Å². The Bertz CT molecular complexity index is 382. The monoisotopic (exact) mass is 300 g/mol. The van der Waals surface area contributed by atoms with Crippen LogP contribution in [0, 0.1) is 0 Å². The van der Waals surface area contributed by atoms with Crippen LogP contribution < -0.4 is 10.2 Å². The van der Waals surface area contributed by atoms with E-state index in [1.807, 2.05) is 12.1 Å². The smallest absolute Gasteiger partial charge is 0.0606 e. The van der Waals surface area contributed by atoms with Crippen molar-refractivity contribution in [1.29, 1.82) is 0 Å². The minimum absolute atomic E-state index is 0.151. The lowest BCUT2D eigenvalue weighted by molar-refractivity contribution is 0.199. The number of methoxy groups -OCH3 is 1. The van der Waals surface area contributed by atoms with Gasteiger partial charge in [0, 0.05) is 44.0 Å². The molecule has 5 heteroatoms. The lowest BCUT2D eigenvalue weighted by Gasteiger charge is -2.24. The van der Waals surface area contributed by atoms with Crippen LogP contribution in [0.15, 0.2) is 18.2 Å². The predicted molar refractivity (Wildman–Crippen MR) is 84.6 cm³/mol. The van der Waals surface area contributed by atoms with Crippen molar-refractivity contribution in [3.63, 3.8) is 0 Å². The Morgan fingerprint density at radius 2 is 2.15 bits per heavy atom. The first kappa shape index (κ1) is 17.2. The fourth-order valence-electron chi connectivity index (χ4n) is 2.03. The van der Waals surface area contributed by atoms with Gasteiger partial charge in [0.1, 0.15) is 0 Å². The summed E-state index contributed by atoms with van der Waals surface area (Å²) in [6.07, 6.45) is 1.04. The van der Waals surface area contributed by atoms with Crippen molar-refractivity contribution < 1.29 is 9.84 Å². The van der Waals surface area contributed by atoms with Gasteiger partial charge in [-0.15, -0.1) is 0 Å². The van der Waals surface area contributed by atoms with Gasteiger partial charge in [-0.3, -0.25) is 0 Å². The summed E-state index contributed by atoms with van der Waals surface area (Å²) in [5.41, 5.74) is 2.14. The van der Waals surface area contributed by atoms with Gasteiger partial charge in [-0.2, -0.15) is 0 Å². The van der Waals surface area contributed by atoms with Crippen molar-refractivity contribution >= 4 is 17.3 Å². The minimum atomic E-state index is 0.151. The van der Waals surface area contributed by atoms with E-state index in [1.54, 1.807) is 7.11 Å². The molecule has 0 fully saturated rings. The molecule has 114 valence electrons. The van der Waals surface area contributed by atoms with E-state index < -0.39 is 0 Å². The van der Waals surface area contributed by atoms with Gasteiger partial charge in [-0.05, 0) is 24.1 Å². The normalized spacial score (nSPS) is 10.8. The van der Waals surface area contributed by atoms with Crippen LogP contribution in [0.4, 0.5) is 5.69 Å². The number of aliphatic hydroxyl groups is 1. The summed E-state index contributed by atoms with van der Waals surface area (Å²) in [6, 6.07) is 6.07. The zero-order valence-electron chi connectivity index (χ0n) is 12.4. The first-order valence-electron chi connectivity index (χ1n) is 7.06. The van der Waals surface area contributed by atoms with E-state index in [-0.39, 0.29) is 6.61 Å². The predicted octanol–water partition coefficient (Wildman–Crippen LogP) is 2.28. The van der Waals surface area contributed by atoms with Gasteiger partial charge in [0.2, 0.25) is 0 Å². The van der Waals surface area contributed by atoms with Gasteiger partial charge < -0.3 is 20.1 Å². The number of aliphatic hydroxyl groups excluding tert-OH is 1. The Labute approximate surface area is 126 Å². The van der Waals surface area contributed by atoms with E-state index in [1.165, 1.54) is 0 Å². The molecule has 20 heavy (non-hydrogen) atoms. The number of hydrogen-bond donors (Lipinski definition) is 2. The lowest BCUT2D eigenvalue weighted by Crippen LogP contribution is -2.27. The Balaban J connectivity index is 2.65. The number of rotatable bonds is 10. The number of anilines is 1. The second kappa shape index (κ2) is 10.00. The van der Waals surface area contributed by atoms with Gasteiger partial charge in [0.05, 0.1) is 13.2 Å². The largest absolute Gasteiger partial charge is 0.395 e. The summed E-state index contributed by atoms with van der Waals surface area (Å²) in [4.78, 5) is 2.15. The molecule has 0 aliphatic heterocycles. The average Bonchev–Trinajstić information content (AvgIpc) is 2.45. The number of nitrogens with zero attached hydrogens (tertiary/aromatic N) is 1. The maximum Gasteiger partial charge on any atom is 0.0606 e. The molecule has 0 saturated heterocycles. The molecule has 0 aliphatic carbocycles. The molecule has 0 amide bonds. The van der Waals surface area contributed by atoms with E-state index in [0.717, 1.165) is 42.3 Å². The quantitative estimate of drug-likeness (QED) is 0.651. The molecule has 1 aromatic carbocycles. The highest BCUT2D eigenvalue weighted by Gasteiger charge is 2.08. The van der Waals surface area contributed by atoms with Crippen molar-refractivity contribution in [1.82, 2.24) is 5.32 Å². The molecule has 2 N–H and O–H groups in total. The van der Waals surface area contributed by atoms with Crippen LogP contribution in [0.25, 0.3) is 0 Å². The van der Waals surface area contributed by atoms with Crippen molar-refractivity contribution in [2.45, 2.75) is 19.9 Å². The van der Waals surface area contributed by atoms with E-state index in [4.69, 9.17) is 21.4 Å². The maximum absolute atomic E-state index is 9.12. The van der Waals surface area contributed by atoms with Crippen molar-refractivity contribution in [2.24, 2.45) is 0 Å². The highest BCUT2D eigenvalue weighted by Crippen LogP contribution is 2.24. The summed E-state index contributed by atoms with van der Waals surface area (Å²) in [6.45, 7) is 6.06. The van der Waals surface area contributed by atoms with Crippen LogP contribution in [0.5, 0.6) is 0 Å². The van der Waals surface area contributed by atoms with E-state index in [9.17, 15) is 0 Å². The Morgan fingerprint density at radius 1 is 1.35 bits per heavy atom. The summed E-state index contributed by atoms with van der Waals surface area (Å²) in [7, 11) is 1.69. The third kappa shape index (κ3) is 5.67. The fraction of sp³-hybridized carbons (Fsp3) is 0.600. The van der Waals surface area contributed by atoms with Gasteiger partial charge in [0.15, 0.2) is 0 Å². The average molecular weight is 301 g/mol. The second-order valence-electron chi connectivity index (χ2n) is 4.66. The van der Waals surface area contributed by atoms with Gasteiger partial charge in [-0.25, -0.2) is 0 Å². The summed E-state index contributed by atoms with van der Waals surface area (Å²) in [5.74, 6) is 0. The van der Waals surface area contributed by atoms with Crippen LogP contribution in [0.1, 0.15) is 18.9 Å². The van der Waals surface area contributed by atoms with Crippen LogP contribution in [0.3, 0.4) is 0 Å². The molecule has 0 unspecified atom stereocenters. The summed E-state index contributed by atoms with van der Waals surface area (Å²) >= 11 is 6.33. The summed E-state index contributed by atoms with van der Waals surface area (Å²) in [5, 5.41) is 13.2. The van der Waals surface area contributed by atoms with Crippen molar-refractivity contribution in [3.8, 4) is 0 Å². The number of halogens is 1. The Morgan fingerprint density at radius 3 is 2.75 bits per heavy atom. The minimum Gasteiger partial charge on any atom is -0.395 e. The van der Waals surface area contributed by atoms with Crippen LogP contribution >= 0.6 is 11.6 Å². The molecule has 0 atom stereocenters. The molecule has 0 spiro atoms. The van der Waals surface area contributed by atoms with Crippen molar-refractivity contribution in [3.05, 3.63) is 28.8 Å². The molecule has 0 bridgehead atoms. The number of hydrogen-bond acceptors (Lipinski definition) is 4. The number of nitrogens with one attached hydrogen (secondary N) is 1. The molecule has 0 aliphatic rings. The number of ether oxygens (including phenoxy) is 1. The molecular formula is C15H25ClN2O2. The first-order chi connectivity index (χ1) is 9.72. The number of benzene rings is 1. The van der Waals surface area contributed by atoms with E-state index >= 15 is 0 Å². The second-order valence-corrected chi connectivity index (χ2v) is 5.06. The van der Waals surface area contributed by atoms with Crippen LogP contribution in [-0.4, -0.2) is 45.1 Å². The molecular weight excluding hydrogens is 276 g/mol. The van der Waals surface area contributed by atoms with E-state index in [2.05, 4.69) is 23.2 Å². The first-order valence-corrected chi connectivity index (χ1v) is 7.44.